The van der Waals surface area contributed by atoms with Crippen molar-refractivity contribution < 1.29 is 13.2 Å². The van der Waals surface area contributed by atoms with Crippen LogP contribution in [0.2, 0.25) is 0 Å². The summed E-state index contributed by atoms with van der Waals surface area (Å²) in [7, 11) is -3.94. The minimum Gasteiger partial charge on any atom is -0.324 e. The summed E-state index contributed by atoms with van der Waals surface area (Å²) in [5, 5.41) is 3.03. The number of hydrogen-bond donors (Lipinski definition) is 2. The number of nitrogens with one attached hydrogen (secondary N) is 2. The number of sulfonamides is 1. The molecule has 0 radical (unpaired) electrons. The molecule has 2 N–H and O–H groups in total. The van der Waals surface area contributed by atoms with E-state index in [-0.39, 0.29) is 23.1 Å². The zero-order valence-electron chi connectivity index (χ0n) is 20.8. The van der Waals surface area contributed by atoms with E-state index in [4.69, 9.17) is 0 Å². The molecule has 1 atom stereocenters. The van der Waals surface area contributed by atoms with Crippen LogP contribution < -0.4 is 10.0 Å². The smallest absolute Gasteiger partial charge is 0.242 e. The molecule has 0 heterocycles. The molecule has 180 valence electrons. The zero-order chi connectivity index (χ0) is 25.0. The summed E-state index contributed by atoms with van der Waals surface area (Å²) in [4.78, 5) is 13.8. The molecule has 34 heavy (non-hydrogen) atoms. The van der Waals surface area contributed by atoms with E-state index >= 15 is 0 Å². The number of anilines is 1. The van der Waals surface area contributed by atoms with Gasteiger partial charge in [0.25, 0.3) is 0 Å². The minimum atomic E-state index is -3.94. The summed E-state index contributed by atoms with van der Waals surface area (Å²) in [6, 6.07) is 18.0. The van der Waals surface area contributed by atoms with Crippen LogP contribution in [0.5, 0.6) is 0 Å². The van der Waals surface area contributed by atoms with E-state index in [1.807, 2.05) is 74.5 Å². The average Bonchev–Trinajstić information content (AvgIpc) is 2.74. The van der Waals surface area contributed by atoms with Gasteiger partial charge < -0.3 is 5.32 Å². The maximum atomic E-state index is 13.5. The largest absolute Gasteiger partial charge is 0.324 e. The maximum Gasteiger partial charge on any atom is 0.242 e. The third-order valence-electron chi connectivity index (χ3n) is 5.95. The fourth-order valence-corrected chi connectivity index (χ4v) is 6.08. The van der Waals surface area contributed by atoms with Gasteiger partial charge in [-0.25, -0.2) is 8.42 Å². The fourth-order valence-electron chi connectivity index (χ4n) is 4.43. The number of carbonyl (C=O) groups excluding carboxylic acids is 1. The van der Waals surface area contributed by atoms with Gasteiger partial charge >= 0.3 is 0 Å². The standard InChI is InChI=1S/C28H34N2O3S/c1-18(2)24-14-10-11-20(4)26(24)29-28(31)25(17-23-12-8-7-9-13-23)30-34(32,33)27-21(5)15-19(3)16-22(27)6/h7-16,18,25,30H,17H2,1-6H3,(H,29,31)/t25-/m0/s1. The minimum absolute atomic E-state index is 0.206. The molecule has 3 rings (SSSR count). The van der Waals surface area contributed by atoms with Crippen LogP contribution in [-0.2, 0) is 21.2 Å². The molecule has 0 aromatic heterocycles. The molecular formula is C28H34N2O3S. The van der Waals surface area contributed by atoms with Gasteiger partial charge in [-0.15, -0.1) is 0 Å². The van der Waals surface area contributed by atoms with Gasteiger partial charge in [0.05, 0.1) is 4.90 Å². The Bertz CT molecular complexity index is 1260. The fraction of sp³-hybridized carbons (Fsp3) is 0.321. The van der Waals surface area contributed by atoms with Crippen LogP contribution in [0.1, 0.15) is 53.1 Å². The highest BCUT2D eigenvalue weighted by Crippen LogP contribution is 2.28. The van der Waals surface area contributed by atoms with Gasteiger partial charge in [0.2, 0.25) is 15.9 Å². The molecule has 0 bridgehead atoms. The van der Waals surface area contributed by atoms with Gasteiger partial charge in [0.15, 0.2) is 0 Å². The van der Waals surface area contributed by atoms with E-state index in [9.17, 15) is 13.2 Å². The first-order valence-electron chi connectivity index (χ1n) is 11.5. The van der Waals surface area contributed by atoms with Gasteiger partial charge in [-0.2, -0.15) is 4.72 Å². The van der Waals surface area contributed by atoms with Crippen LogP contribution in [0.4, 0.5) is 5.69 Å². The van der Waals surface area contributed by atoms with Crippen molar-refractivity contribution in [1.29, 1.82) is 0 Å². The van der Waals surface area contributed by atoms with Crippen molar-refractivity contribution in [1.82, 2.24) is 4.72 Å². The van der Waals surface area contributed by atoms with Gasteiger partial charge in [-0.05, 0) is 67.9 Å². The SMILES string of the molecule is Cc1cc(C)c(S(=O)(=O)N[C@@H](Cc2ccccc2)C(=O)Nc2c(C)cccc2C(C)C)c(C)c1. The number of carbonyl (C=O) groups is 1. The maximum absolute atomic E-state index is 13.5. The molecule has 1 amide bonds. The summed E-state index contributed by atoms with van der Waals surface area (Å²) >= 11 is 0. The van der Waals surface area contributed by atoms with Crippen LogP contribution in [0.15, 0.2) is 65.6 Å². The van der Waals surface area contributed by atoms with E-state index in [0.717, 1.165) is 27.9 Å². The monoisotopic (exact) mass is 478 g/mol. The Hall–Kier alpha value is -2.96. The number of rotatable bonds is 8. The first kappa shape index (κ1) is 25.7. The number of aryl methyl sites for hydroxylation is 4. The van der Waals surface area contributed by atoms with Crippen molar-refractivity contribution in [3.05, 3.63) is 94.0 Å². The van der Waals surface area contributed by atoms with Crippen molar-refractivity contribution in [2.45, 2.75) is 64.8 Å². The Balaban J connectivity index is 1.99. The molecule has 6 heteroatoms. The topological polar surface area (TPSA) is 75.3 Å². The van der Waals surface area contributed by atoms with Gasteiger partial charge in [0.1, 0.15) is 6.04 Å². The summed E-state index contributed by atoms with van der Waals surface area (Å²) in [6.45, 7) is 11.6. The highest BCUT2D eigenvalue weighted by Gasteiger charge is 2.29. The third-order valence-corrected chi connectivity index (χ3v) is 7.72. The molecule has 5 nitrogen and oxygen atoms in total. The summed E-state index contributed by atoms with van der Waals surface area (Å²) in [5.74, 6) is -0.177. The Labute approximate surface area is 203 Å². The molecule has 0 fully saturated rings. The van der Waals surface area contributed by atoms with Crippen LogP contribution in [-0.4, -0.2) is 20.4 Å². The zero-order valence-corrected chi connectivity index (χ0v) is 21.6. The Kier molecular flexibility index (Phi) is 7.95. The molecule has 0 saturated carbocycles. The number of benzene rings is 3. The number of hydrogen-bond acceptors (Lipinski definition) is 3. The highest BCUT2D eigenvalue weighted by molar-refractivity contribution is 7.89. The van der Waals surface area contributed by atoms with E-state index in [0.29, 0.717) is 11.1 Å². The van der Waals surface area contributed by atoms with Crippen molar-refractivity contribution >= 4 is 21.6 Å². The average molecular weight is 479 g/mol. The lowest BCUT2D eigenvalue weighted by Gasteiger charge is -2.23. The predicted molar refractivity (Wildman–Crippen MR) is 139 cm³/mol. The Morgan fingerprint density at radius 3 is 2.06 bits per heavy atom. The summed E-state index contributed by atoms with van der Waals surface area (Å²) in [6.07, 6.45) is 0.235. The number of amides is 1. The van der Waals surface area contributed by atoms with E-state index < -0.39 is 16.1 Å². The van der Waals surface area contributed by atoms with Crippen LogP contribution in [0, 0.1) is 27.7 Å². The molecule has 0 aliphatic heterocycles. The summed E-state index contributed by atoms with van der Waals surface area (Å²) < 4.78 is 29.7. The first-order chi connectivity index (χ1) is 16.0. The van der Waals surface area contributed by atoms with Crippen molar-refractivity contribution in [3.8, 4) is 0 Å². The molecule has 0 unspecified atom stereocenters. The van der Waals surface area contributed by atoms with Gasteiger partial charge in [0, 0.05) is 5.69 Å². The van der Waals surface area contributed by atoms with E-state index in [1.54, 1.807) is 13.8 Å². The second kappa shape index (κ2) is 10.5. The molecule has 0 saturated heterocycles. The lowest BCUT2D eigenvalue weighted by atomic mass is 9.97. The Morgan fingerprint density at radius 2 is 1.47 bits per heavy atom. The molecule has 3 aromatic carbocycles. The van der Waals surface area contributed by atoms with Crippen molar-refractivity contribution in [3.63, 3.8) is 0 Å². The molecule has 0 aliphatic carbocycles. The molecular weight excluding hydrogens is 444 g/mol. The normalized spacial score (nSPS) is 12.6. The van der Waals surface area contributed by atoms with Gasteiger partial charge in [-0.3, -0.25) is 4.79 Å². The predicted octanol–water partition coefficient (Wildman–Crippen LogP) is 5.57. The highest BCUT2D eigenvalue weighted by atomic mass is 32.2. The lowest BCUT2D eigenvalue weighted by molar-refractivity contribution is -0.117. The van der Waals surface area contributed by atoms with Crippen LogP contribution in [0.3, 0.4) is 0 Å². The molecule has 0 spiro atoms. The van der Waals surface area contributed by atoms with Crippen molar-refractivity contribution in [2.75, 3.05) is 5.32 Å². The molecule has 0 aliphatic rings. The third kappa shape index (κ3) is 5.93. The van der Waals surface area contributed by atoms with E-state index in [1.165, 1.54) is 0 Å². The summed E-state index contributed by atoms with van der Waals surface area (Å²) in [5.41, 5.74) is 5.87. The second-order valence-electron chi connectivity index (χ2n) is 9.27. The molecule has 3 aromatic rings. The van der Waals surface area contributed by atoms with Crippen molar-refractivity contribution in [2.24, 2.45) is 0 Å². The van der Waals surface area contributed by atoms with Crippen LogP contribution >= 0.6 is 0 Å². The quantitative estimate of drug-likeness (QED) is 0.444. The van der Waals surface area contributed by atoms with Crippen LogP contribution in [0.25, 0.3) is 0 Å². The Morgan fingerprint density at radius 1 is 0.853 bits per heavy atom. The second-order valence-corrected chi connectivity index (χ2v) is 10.9. The first-order valence-corrected chi connectivity index (χ1v) is 13.0. The van der Waals surface area contributed by atoms with Gasteiger partial charge in [-0.1, -0.05) is 80.1 Å². The number of para-hydroxylation sites is 1. The van der Waals surface area contributed by atoms with E-state index in [2.05, 4.69) is 23.9 Å². The lowest BCUT2D eigenvalue weighted by Crippen LogP contribution is -2.45.